The van der Waals surface area contributed by atoms with Gasteiger partial charge in [0.05, 0.1) is 11.4 Å². The zero-order valence-corrected chi connectivity index (χ0v) is 15.0. The Morgan fingerprint density at radius 3 is 2.55 bits per heavy atom. The highest BCUT2D eigenvalue weighted by Gasteiger charge is 2.57. The second-order valence-corrected chi connectivity index (χ2v) is 12.6. The van der Waals surface area contributed by atoms with Gasteiger partial charge in [0.2, 0.25) is 0 Å². The highest BCUT2D eigenvalue weighted by atomic mass is 28.3. The van der Waals surface area contributed by atoms with Gasteiger partial charge < -0.3 is 19.3 Å². The van der Waals surface area contributed by atoms with Crippen molar-refractivity contribution >= 4 is 13.4 Å². The standard InChI is InChI=1S/C14H25N3O4Si/c1-8(18)11-10(12-13(19-11)21-14(2,3)20-12)17-7-9(15-16-17)22(4,5)6/h7-8,10-13,18H,1-6H3/t8-,10+,11-,12-,13-/m1/s1. The van der Waals surface area contributed by atoms with Crippen LogP contribution >= 0.6 is 0 Å². The molecule has 0 radical (unpaired) electrons. The third-order valence-corrected chi connectivity index (χ3v) is 5.88. The lowest BCUT2D eigenvalue weighted by atomic mass is 10.0. The summed E-state index contributed by atoms with van der Waals surface area (Å²) in [6.45, 7) is 12.1. The molecular formula is C14H25N3O4Si. The van der Waals surface area contributed by atoms with E-state index in [1.54, 1.807) is 11.6 Å². The van der Waals surface area contributed by atoms with E-state index in [1.807, 2.05) is 20.0 Å². The summed E-state index contributed by atoms with van der Waals surface area (Å²) in [6, 6.07) is -0.246. The maximum absolute atomic E-state index is 10.0. The fourth-order valence-electron chi connectivity index (χ4n) is 2.98. The summed E-state index contributed by atoms with van der Waals surface area (Å²) in [7, 11) is -1.54. The van der Waals surface area contributed by atoms with Gasteiger partial charge in [-0.05, 0) is 20.8 Å². The Labute approximate surface area is 131 Å². The SMILES string of the molecule is C[C@@H](O)[C@H]1O[C@@H]2OC(C)(C)O[C@@H]2[C@H]1n1cc([Si](C)(C)C)nn1. The summed E-state index contributed by atoms with van der Waals surface area (Å²) >= 11 is 0. The Morgan fingerprint density at radius 1 is 1.32 bits per heavy atom. The number of aromatic nitrogens is 3. The van der Waals surface area contributed by atoms with E-state index in [0.717, 1.165) is 5.32 Å². The van der Waals surface area contributed by atoms with Gasteiger partial charge in [0.15, 0.2) is 12.1 Å². The van der Waals surface area contributed by atoms with Crippen LogP contribution in [-0.4, -0.2) is 58.6 Å². The summed E-state index contributed by atoms with van der Waals surface area (Å²) in [5.74, 6) is -0.695. The fraction of sp³-hybridized carbons (Fsp3) is 0.857. The second kappa shape index (κ2) is 5.10. The lowest BCUT2D eigenvalue weighted by Crippen LogP contribution is -2.40. The van der Waals surface area contributed by atoms with Gasteiger partial charge in [-0.15, -0.1) is 5.10 Å². The zero-order chi connectivity index (χ0) is 16.3. The number of nitrogens with zero attached hydrogens (tertiary/aromatic N) is 3. The minimum absolute atomic E-state index is 0.246. The van der Waals surface area contributed by atoms with Crippen LogP contribution in [0, 0.1) is 0 Å². The Morgan fingerprint density at radius 2 is 2.00 bits per heavy atom. The van der Waals surface area contributed by atoms with Gasteiger partial charge in [0.1, 0.15) is 26.3 Å². The number of aliphatic hydroxyl groups is 1. The molecule has 3 rings (SSSR count). The van der Waals surface area contributed by atoms with Crippen molar-refractivity contribution in [1.82, 2.24) is 15.0 Å². The topological polar surface area (TPSA) is 78.6 Å². The molecule has 2 aliphatic heterocycles. The van der Waals surface area contributed by atoms with E-state index in [0.29, 0.717) is 0 Å². The summed E-state index contributed by atoms with van der Waals surface area (Å²) < 4.78 is 19.4. The van der Waals surface area contributed by atoms with E-state index in [2.05, 4.69) is 30.0 Å². The first-order valence-electron chi connectivity index (χ1n) is 7.70. The van der Waals surface area contributed by atoms with Crippen LogP contribution in [0.1, 0.15) is 26.8 Å². The summed E-state index contributed by atoms with van der Waals surface area (Å²) in [4.78, 5) is 0. The van der Waals surface area contributed by atoms with Crippen molar-refractivity contribution in [2.45, 2.75) is 76.8 Å². The zero-order valence-electron chi connectivity index (χ0n) is 14.0. The number of hydrogen-bond acceptors (Lipinski definition) is 6. The minimum atomic E-state index is -1.54. The normalized spacial score (nSPS) is 35.6. The van der Waals surface area contributed by atoms with E-state index < -0.39 is 32.4 Å². The van der Waals surface area contributed by atoms with Gasteiger partial charge in [-0.2, -0.15) is 0 Å². The maximum Gasteiger partial charge on any atom is 0.189 e. The molecule has 0 spiro atoms. The van der Waals surface area contributed by atoms with Crippen LogP contribution in [0.15, 0.2) is 6.20 Å². The van der Waals surface area contributed by atoms with Crippen molar-refractivity contribution < 1.29 is 19.3 Å². The molecule has 0 bridgehead atoms. The van der Waals surface area contributed by atoms with Gasteiger partial charge in [0, 0.05) is 6.20 Å². The van der Waals surface area contributed by atoms with Crippen molar-refractivity contribution in [2.75, 3.05) is 0 Å². The number of fused-ring (bicyclic) bond motifs is 1. The molecule has 7 nitrogen and oxygen atoms in total. The molecule has 5 atom stereocenters. The van der Waals surface area contributed by atoms with E-state index >= 15 is 0 Å². The molecule has 1 aromatic heterocycles. The predicted molar refractivity (Wildman–Crippen MR) is 82.4 cm³/mol. The van der Waals surface area contributed by atoms with Gasteiger partial charge in [-0.1, -0.05) is 24.9 Å². The van der Waals surface area contributed by atoms with Crippen molar-refractivity contribution in [2.24, 2.45) is 0 Å². The monoisotopic (exact) mass is 327 g/mol. The van der Waals surface area contributed by atoms with Crippen LogP contribution < -0.4 is 5.32 Å². The Kier molecular flexibility index (Phi) is 3.73. The van der Waals surface area contributed by atoms with Gasteiger partial charge in [-0.25, -0.2) is 4.68 Å². The minimum Gasteiger partial charge on any atom is -0.391 e. The quantitative estimate of drug-likeness (QED) is 0.820. The van der Waals surface area contributed by atoms with Crippen molar-refractivity contribution in [3.05, 3.63) is 6.20 Å². The van der Waals surface area contributed by atoms with E-state index in [-0.39, 0.29) is 12.1 Å². The summed E-state index contributed by atoms with van der Waals surface area (Å²) in [5, 5.41) is 19.7. The van der Waals surface area contributed by atoms with Crippen LogP contribution in [0.4, 0.5) is 0 Å². The fourth-order valence-corrected chi connectivity index (χ4v) is 3.85. The Bertz CT molecular complexity index is 555. The lowest BCUT2D eigenvalue weighted by molar-refractivity contribution is -0.218. The molecule has 2 fully saturated rings. The molecular weight excluding hydrogens is 302 g/mol. The van der Waals surface area contributed by atoms with Crippen molar-refractivity contribution in [3.63, 3.8) is 0 Å². The summed E-state index contributed by atoms with van der Waals surface area (Å²) in [5.41, 5.74) is 0. The van der Waals surface area contributed by atoms with E-state index in [1.165, 1.54) is 0 Å². The molecule has 0 aromatic carbocycles. The third-order valence-electron chi connectivity index (χ3n) is 4.11. The molecule has 0 saturated carbocycles. The molecule has 0 unspecified atom stereocenters. The van der Waals surface area contributed by atoms with E-state index in [4.69, 9.17) is 14.2 Å². The maximum atomic E-state index is 10.0. The highest BCUT2D eigenvalue weighted by Crippen LogP contribution is 2.43. The number of ether oxygens (including phenoxy) is 3. The third kappa shape index (κ3) is 2.74. The molecule has 0 amide bonds. The summed E-state index contributed by atoms with van der Waals surface area (Å²) in [6.07, 6.45) is 0.102. The molecule has 2 saturated heterocycles. The Balaban J connectivity index is 1.93. The average Bonchev–Trinajstić information content (AvgIpc) is 2.98. The first-order valence-corrected chi connectivity index (χ1v) is 11.2. The van der Waals surface area contributed by atoms with Gasteiger partial charge in [0.25, 0.3) is 0 Å². The number of hydrogen-bond donors (Lipinski definition) is 1. The smallest absolute Gasteiger partial charge is 0.189 e. The Hall–Kier alpha value is -0.803. The van der Waals surface area contributed by atoms with E-state index in [9.17, 15) is 5.11 Å². The molecule has 3 heterocycles. The molecule has 1 N–H and O–H groups in total. The molecule has 1 aromatic rings. The van der Waals surface area contributed by atoms with Crippen LogP contribution in [0.5, 0.6) is 0 Å². The van der Waals surface area contributed by atoms with Crippen LogP contribution in [0.25, 0.3) is 0 Å². The highest BCUT2D eigenvalue weighted by molar-refractivity contribution is 6.88. The van der Waals surface area contributed by atoms with Gasteiger partial charge in [-0.3, -0.25) is 0 Å². The molecule has 8 heteroatoms. The average molecular weight is 327 g/mol. The van der Waals surface area contributed by atoms with Crippen LogP contribution in [0.3, 0.4) is 0 Å². The first kappa shape index (κ1) is 16.1. The molecule has 22 heavy (non-hydrogen) atoms. The molecule has 0 aliphatic carbocycles. The first-order chi connectivity index (χ1) is 10.1. The predicted octanol–water partition coefficient (Wildman–Crippen LogP) is 0.622. The number of aliphatic hydroxyl groups excluding tert-OH is 1. The molecule has 124 valence electrons. The number of rotatable bonds is 3. The van der Waals surface area contributed by atoms with Gasteiger partial charge >= 0.3 is 0 Å². The van der Waals surface area contributed by atoms with Crippen molar-refractivity contribution in [1.29, 1.82) is 0 Å². The van der Waals surface area contributed by atoms with Crippen LogP contribution in [-0.2, 0) is 14.2 Å². The van der Waals surface area contributed by atoms with Crippen LogP contribution in [0.2, 0.25) is 19.6 Å². The van der Waals surface area contributed by atoms with Crippen molar-refractivity contribution in [3.8, 4) is 0 Å². The lowest BCUT2D eigenvalue weighted by Gasteiger charge is -2.27. The molecule has 2 aliphatic rings. The largest absolute Gasteiger partial charge is 0.391 e. The second-order valence-electron chi connectivity index (χ2n) is 7.63.